The zero-order valence-corrected chi connectivity index (χ0v) is 7.32. The van der Waals surface area contributed by atoms with Crippen LogP contribution in [0.15, 0.2) is 5.38 Å². The molecule has 0 unspecified atom stereocenters. The van der Waals surface area contributed by atoms with Crippen LogP contribution in [0.1, 0.15) is 27.8 Å². The molecule has 0 radical (unpaired) electrons. The number of nitrogens with zero attached hydrogens (tertiary/aromatic N) is 1. The van der Waals surface area contributed by atoms with Crippen molar-refractivity contribution in [2.45, 2.75) is 12.3 Å². The smallest absolute Gasteiger partial charge is 0.355 e. The van der Waals surface area contributed by atoms with E-state index in [0.717, 1.165) is 0 Å². The number of hydrogen-bond acceptors (Lipinski definition) is 3. The Morgan fingerprint density at radius 2 is 2.55 bits per heavy atom. The maximum Gasteiger partial charge on any atom is 0.355 e. The molecule has 0 spiro atoms. The molecule has 1 heterocycles. The second-order valence-corrected chi connectivity index (χ2v) is 3.54. The van der Waals surface area contributed by atoms with E-state index in [9.17, 15) is 4.79 Å². The van der Waals surface area contributed by atoms with Crippen molar-refractivity contribution in [1.82, 2.24) is 4.98 Å². The van der Waals surface area contributed by atoms with Gasteiger partial charge in [0.1, 0.15) is 5.01 Å². The first-order chi connectivity index (χ1) is 5.11. The fourth-order valence-corrected chi connectivity index (χ4v) is 1.50. The van der Waals surface area contributed by atoms with Crippen LogP contribution in [0, 0.1) is 0 Å². The first kappa shape index (κ1) is 8.49. The molecule has 5 heteroatoms. The molecule has 0 aromatic carbocycles. The molecule has 1 aromatic rings. The van der Waals surface area contributed by atoms with Gasteiger partial charge < -0.3 is 5.11 Å². The van der Waals surface area contributed by atoms with Crippen LogP contribution in [0.3, 0.4) is 0 Å². The van der Waals surface area contributed by atoms with Gasteiger partial charge in [0.25, 0.3) is 0 Å². The average molecular weight is 192 g/mol. The van der Waals surface area contributed by atoms with Gasteiger partial charge in [0.15, 0.2) is 5.69 Å². The van der Waals surface area contributed by atoms with E-state index < -0.39 is 5.97 Å². The first-order valence-electron chi connectivity index (χ1n) is 2.94. The van der Waals surface area contributed by atoms with E-state index in [2.05, 4.69) is 4.98 Å². The summed E-state index contributed by atoms with van der Waals surface area (Å²) in [6, 6.07) is 0. The number of aromatic nitrogens is 1. The predicted molar refractivity (Wildman–Crippen MR) is 43.3 cm³/mol. The molecule has 0 saturated carbocycles. The summed E-state index contributed by atoms with van der Waals surface area (Å²) in [5, 5.41) is 10.4. The standard InChI is InChI=1S/C6H6ClNO2S/c1-3(7)5-8-4(2-11-5)6(9)10/h2-3H,1H3,(H,9,10)/t3-/m0/s1. The minimum Gasteiger partial charge on any atom is -0.476 e. The Bertz CT molecular complexity index is 271. The molecule has 1 aromatic heterocycles. The summed E-state index contributed by atoms with van der Waals surface area (Å²) in [4.78, 5) is 14.1. The number of carbonyl (C=O) groups is 1. The van der Waals surface area contributed by atoms with E-state index in [4.69, 9.17) is 16.7 Å². The van der Waals surface area contributed by atoms with Crippen LogP contribution >= 0.6 is 22.9 Å². The van der Waals surface area contributed by atoms with Gasteiger partial charge >= 0.3 is 5.97 Å². The zero-order chi connectivity index (χ0) is 8.43. The van der Waals surface area contributed by atoms with Crippen molar-refractivity contribution < 1.29 is 9.90 Å². The lowest BCUT2D eigenvalue weighted by Crippen LogP contribution is -1.96. The molecular formula is C6H6ClNO2S. The van der Waals surface area contributed by atoms with Crippen molar-refractivity contribution in [2.24, 2.45) is 0 Å². The van der Waals surface area contributed by atoms with Gasteiger partial charge in [-0.1, -0.05) is 0 Å². The van der Waals surface area contributed by atoms with Crippen LogP contribution in [-0.2, 0) is 0 Å². The molecule has 0 saturated heterocycles. The van der Waals surface area contributed by atoms with Gasteiger partial charge in [-0.25, -0.2) is 9.78 Å². The van der Waals surface area contributed by atoms with Gasteiger partial charge in [-0.2, -0.15) is 0 Å². The molecule has 0 fully saturated rings. The van der Waals surface area contributed by atoms with E-state index >= 15 is 0 Å². The highest BCUT2D eigenvalue weighted by molar-refractivity contribution is 7.10. The molecule has 0 aliphatic heterocycles. The molecule has 1 rings (SSSR count). The highest BCUT2D eigenvalue weighted by Crippen LogP contribution is 2.22. The summed E-state index contributed by atoms with van der Waals surface area (Å²) in [5.74, 6) is -1.01. The second-order valence-electron chi connectivity index (χ2n) is 1.99. The minimum absolute atomic E-state index is 0.0671. The van der Waals surface area contributed by atoms with Crippen LogP contribution in [0.5, 0.6) is 0 Å². The molecule has 0 aliphatic rings. The molecule has 3 nitrogen and oxygen atoms in total. The molecule has 0 bridgehead atoms. The Hall–Kier alpha value is -0.610. The number of rotatable bonds is 2. The van der Waals surface area contributed by atoms with Crippen molar-refractivity contribution in [2.75, 3.05) is 0 Å². The summed E-state index contributed by atoms with van der Waals surface area (Å²) in [6.45, 7) is 1.76. The number of alkyl halides is 1. The molecule has 1 atom stereocenters. The molecule has 1 N–H and O–H groups in total. The topological polar surface area (TPSA) is 50.2 Å². The summed E-state index contributed by atoms with van der Waals surface area (Å²) in [6.07, 6.45) is 0. The summed E-state index contributed by atoms with van der Waals surface area (Å²) >= 11 is 6.94. The van der Waals surface area contributed by atoms with Crippen molar-refractivity contribution in [3.8, 4) is 0 Å². The van der Waals surface area contributed by atoms with Gasteiger partial charge in [0, 0.05) is 5.38 Å². The minimum atomic E-state index is -1.01. The molecule has 0 aliphatic carbocycles. The number of carboxylic acid groups (broad SMARTS) is 1. The van der Waals surface area contributed by atoms with Gasteiger partial charge in [-0.3, -0.25) is 0 Å². The van der Waals surface area contributed by atoms with Crippen molar-refractivity contribution in [1.29, 1.82) is 0 Å². The van der Waals surface area contributed by atoms with Gasteiger partial charge in [0.2, 0.25) is 0 Å². The van der Waals surface area contributed by atoms with Crippen LogP contribution in [0.4, 0.5) is 0 Å². The van der Waals surface area contributed by atoms with Crippen molar-refractivity contribution >= 4 is 28.9 Å². The van der Waals surface area contributed by atoms with Gasteiger partial charge in [-0.15, -0.1) is 22.9 Å². The lowest BCUT2D eigenvalue weighted by Gasteiger charge is -1.92. The van der Waals surface area contributed by atoms with E-state index in [1.165, 1.54) is 16.7 Å². The molecular weight excluding hydrogens is 186 g/mol. The third kappa shape index (κ3) is 1.91. The summed E-state index contributed by atoms with van der Waals surface area (Å²) in [5.41, 5.74) is 0.0671. The Morgan fingerprint density at radius 1 is 1.91 bits per heavy atom. The Balaban J connectivity index is 2.90. The number of aromatic carboxylic acids is 1. The number of hydrogen-bond donors (Lipinski definition) is 1. The predicted octanol–water partition coefficient (Wildman–Crippen LogP) is 2.14. The molecule has 60 valence electrons. The van der Waals surface area contributed by atoms with E-state index in [-0.39, 0.29) is 11.1 Å². The summed E-state index contributed by atoms with van der Waals surface area (Å²) < 4.78 is 0. The van der Waals surface area contributed by atoms with E-state index in [1.54, 1.807) is 6.92 Å². The number of thiazole rings is 1. The third-order valence-electron chi connectivity index (χ3n) is 1.08. The monoisotopic (exact) mass is 191 g/mol. The third-order valence-corrected chi connectivity index (χ3v) is 2.44. The lowest BCUT2D eigenvalue weighted by molar-refractivity contribution is 0.0691. The highest BCUT2D eigenvalue weighted by atomic mass is 35.5. The van der Waals surface area contributed by atoms with Crippen LogP contribution < -0.4 is 0 Å². The highest BCUT2D eigenvalue weighted by Gasteiger charge is 2.11. The van der Waals surface area contributed by atoms with E-state index in [1.807, 2.05) is 0 Å². The Labute approximate surface area is 72.6 Å². The SMILES string of the molecule is C[C@H](Cl)c1nc(C(=O)O)cs1. The fourth-order valence-electron chi connectivity index (χ4n) is 0.569. The molecule has 0 amide bonds. The first-order valence-corrected chi connectivity index (χ1v) is 4.25. The quantitative estimate of drug-likeness (QED) is 0.729. The van der Waals surface area contributed by atoms with Gasteiger partial charge in [0.05, 0.1) is 5.38 Å². The fraction of sp³-hybridized carbons (Fsp3) is 0.333. The Kier molecular flexibility index (Phi) is 2.46. The van der Waals surface area contributed by atoms with Crippen molar-refractivity contribution in [3.05, 3.63) is 16.1 Å². The van der Waals surface area contributed by atoms with E-state index in [0.29, 0.717) is 5.01 Å². The molecule has 11 heavy (non-hydrogen) atoms. The summed E-state index contributed by atoms with van der Waals surface area (Å²) in [7, 11) is 0. The number of halogens is 1. The second kappa shape index (κ2) is 3.19. The Morgan fingerprint density at radius 3 is 2.82 bits per heavy atom. The van der Waals surface area contributed by atoms with Crippen LogP contribution in [0.2, 0.25) is 0 Å². The zero-order valence-electron chi connectivity index (χ0n) is 5.74. The maximum absolute atomic E-state index is 10.3. The van der Waals surface area contributed by atoms with Crippen LogP contribution in [0.25, 0.3) is 0 Å². The van der Waals surface area contributed by atoms with Gasteiger partial charge in [-0.05, 0) is 6.92 Å². The number of carboxylic acids is 1. The van der Waals surface area contributed by atoms with Crippen LogP contribution in [-0.4, -0.2) is 16.1 Å². The lowest BCUT2D eigenvalue weighted by atomic mass is 10.5. The average Bonchev–Trinajstić information content (AvgIpc) is 2.33. The maximum atomic E-state index is 10.3. The van der Waals surface area contributed by atoms with Crippen molar-refractivity contribution in [3.63, 3.8) is 0 Å². The largest absolute Gasteiger partial charge is 0.476 e. The normalized spacial score (nSPS) is 12.9.